The molecule has 0 bridgehead atoms. The van der Waals surface area contributed by atoms with Crippen molar-refractivity contribution in [3.05, 3.63) is 65.6 Å². The molecule has 0 atom stereocenters. The fourth-order valence-electron chi connectivity index (χ4n) is 4.81. The van der Waals surface area contributed by atoms with E-state index in [4.69, 9.17) is 0 Å². The smallest absolute Gasteiger partial charge is 0.255 e. The number of carbonyl (C=O) groups is 1. The van der Waals surface area contributed by atoms with Gasteiger partial charge in [-0.15, -0.1) is 0 Å². The van der Waals surface area contributed by atoms with Crippen molar-refractivity contribution in [3.8, 4) is 11.3 Å². The molecule has 0 spiro atoms. The third-order valence-electron chi connectivity index (χ3n) is 6.51. The van der Waals surface area contributed by atoms with Crippen LogP contribution in [0.1, 0.15) is 42.4 Å². The van der Waals surface area contributed by atoms with Crippen LogP contribution in [0.25, 0.3) is 22.2 Å². The molecule has 0 radical (unpaired) electrons. The first kappa shape index (κ1) is 24.8. The molecule has 1 aromatic carbocycles. The largest absolute Gasteiger partial charge is 0.342 e. The predicted molar refractivity (Wildman–Crippen MR) is 139 cm³/mol. The number of hydrogen-bond donors (Lipinski definition) is 2. The number of fused-ring (bicyclic) bond motifs is 1. The maximum Gasteiger partial charge on any atom is 0.255 e. The normalized spacial score (nSPS) is 14.3. The van der Waals surface area contributed by atoms with E-state index in [9.17, 15) is 13.6 Å². The maximum absolute atomic E-state index is 15.0. The second-order valence-corrected chi connectivity index (χ2v) is 9.48. The van der Waals surface area contributed by atoms with Crippen LogP contribution in [0.4, 0.5) is 20.5 Å². The molecule has 4 heterocycles. The highest BCUT2D eigenvalue weighted by Crippen LogP contribution is 2.32. The first-order valence-corrected chi connectivity index (χ1v) is 12.4. The molecule has 2 N–H and O–H groups in total. The topological polar surface area (TPSA) is 88.0 Å². The molecule has 8 nitrogen and oxygen atoms in total. The van der Waals surface area contributed by atoms with Gasteiger partial charge in [0.1, 0.15) is 17.3 Å². The van der Waals surface area contributed by atoms with Crippen LogP contribution in [0.3, 0.4) is 0 Å². The number of carbonyl (C=O) groups excluding carboxylic acids is 1. The Morgan fingerprint density at radius 2 is 1.89 bits per heavy atom. The SMILES string of the molecule is Cc1cc2c(F)cc(-c3nc(Nc4ccc(C(=O)N5CCCNCC5)cn4)ncc3F)cc2n1C(C)C. The summed E-state index contributed by atoms with van der Waals surface area (Å²) in [6.07, 6.45) is 3.45. The molecule has 1 amide bonds. The molecule has 3 aromatic heterocycles. The summed E-state index contributed by atoms with van der Waals surface area (Å²) in [6, 6.07) is 8.28. The van der Waals surface area contributed by atoms with Crippen molar-refractivity contribution in [3.63, 3.8) is 0 Å². The van der Waals surface area contributed by atoms with Crippen LogP contribution >= 0.6 is 0 Å². The first-order chi connectivity index (χ1) is 17.8. The van der Waals surface area contributed by atoms with Crippen LogP contribution in [0.5, 0.6) is 0 Å². The van der Waals surface area contributed by atoms with Gasteiger partial charge in [-0.25, -0.2) is 23.7 Å². The fourth-order valence-corrected chi connectivity index (χ4v) is 4.81. The van der Waals surface area contributed by atoms with E-state index in [0.29, 0.717) is 40.9 Å². The molecule has 1 aliphatic rings. The molecule has 0 unspecified atom stereocenters. The van der Waals surface area contributed by atoms with Crippen LogP contribution in [-0.4, -0.2) is 56.5 Å². The Hall–Kier alpha value is -3.92. The Labute approximate surface area is 213 Å². The minimum absolute atomic E-state index is 0.0194. The number of halogens is 2. The second-order valence-electron chi connectivity index (χ2n) is 9.48. The average molecular weight is 506 g/mol. The zero-order valence-corrected chi connectivity index (χ0v) is 21.1. The van der Waals surface area contributed by atoms with E-state index < -0.39 is 11.6 Å². The molecule has 1 fully saturated rings. The number of nitrogens with one attached hydrogen (secondary N) is 2. The van der Waals surface area contributed by atoms with Crippen molar-refractivity contribution in [2.75, 3.05) is 31.5 Å². The van der Waals surface area contributed by atoms with Crippen molar-refractivity contribution in [2.24, 2.45) is 0 Å². The maximum atomic E-state index is 15.0. The van der Waals surface area contributed by atoms with Gasteiger partial charge in [0.25, 0.3) is 5.91 Å². The summed E-state index contributed by atoms with van der Waals surface area (Å²) in [7, 11) is 0. The molecule has 4 aromatic rings. The number of hydrogen-bond acceptors (Lipinski definition) is 6. The van der Waals surface area contributed by atoms with Gasteiger partial charge in [-0.3, -0.25) is 4.79 Å². The zero-order chi connectivity index (χ0) is 26.1. The summed E-state index contributed by atoms with van der Waals surface area (Å²) in [5.41, 5.74) is 2.38. The highest BCUT2D eigenvalue weighted by atomic mass is 19.1. The lowest BCUT2D eigenvalue weighted by Gasteiger charge is -2.19. The monoisotopic (exact) mass is 505 g/mol. The molecule has 37 heavy (non-hydrogen) atoms. The van der Waals surface area contributed by atoms with E-state index in [-0.39, 0.29) is 23.6 Å². The van der Waals surface area contributed by atoms with Crippen LogP contribution in [0, 0.1) is 18.6 Å². The summed E-state index contributed by atoms with van der Waals surface area (Å²) >= 11 is 0. The third-order valence-corrected chi connectivity index (χ3v) is 6.51. The Balaban J connectivity index is 1.40. The number of benzene rings is 1. The summed E-state index contributed by atoms with van der Waals surface area (Å²) in [6.45, 7) is 8.97. The molecule has 0 saturated carbocycles. The predicted octanol–water partition coefficient (Wildman–Crippen LogP) is 4.84. The number of aromatic nitrogens is 4. The number of anilines is 2. The lowest BCUT2D eigenvalue weighted by atomic mass is 10.1. The Morgan fingerprint density at radius 1 is 1.05 bits per heavy atom. The second kappa shape index (κ2) is 10.2. The first-order valence-electron chi connectivity index (χ1n) is 12.4. The minimum Gasteiger partial charge on any atom is -0.342 e. The molecule has 1 saturated heterocycles. The van der Waals surface area contributed by atoms with Gasteiger partial charge in [0, 0.05) is 48.5 Å². The van der Waals surface area contributed by atoms with Gasteiger partial charge >= 0.3 is 0 Å². The molecule has 192 valence electrons. The van der Waals surface area contributed by atoms with Gasteiger partial charge in [-0.2, -0.15) is 0 Å². The molecule has 5 rings (SSSR count). The number of amides is 1. The van der Waals surface area contributed by atoms with Gasteiger partial charge in [0.05, 0.1) is 17.3 Å². The standard InChI is InChI=1S/C27H29F2N7O/c1-16(2)36-17(3)11-20-21(28)12-19(13-23(20)36)25-22(29)15-32-27(34-25)33-24-6-5-18(14-31-24)26(37)35-9-4-7-30-8-10-35/h5-6,11-16,30H,4,7-10H2,1-3H3,(H,31,32,33,34). The molecular weight excluding hydrogens is 476 g/mol. The zero-order valence-electron chi connectivity index (χ0n) is 21.1. The molecule has 10 heteroatoms. The number of aryl methyl sites for hydroxylation is 1. The van der Waals surface area contributed by atoms with Crippen LogP contribution in [0.15, 0.2) is 42.7 Å². The highest BCUT2D eigenvalue weighted by Gasteiger charge is 2.19. The van der Waals surface area contributed by atoms with Gasteiger partial charge in [0.15, 0.2) is 5.82 Å². The van der Waals surface area contributed by atoms with E-state index in [1.54, 1.807) is 24.3 Å². The lowest BCUT2D eigenvalue weighted by molar-refractivity contribution is 0.0766. The van der Waals surface area contributed by atoms with E-state index in [1.807, 2.05) is 30.2 Å². The summed E-state index contributed by atoms with van der Waals surface area (Å²) < 4.78 is 31.8. The van der Waals surface area contributed by atoms with Crippen molar-refractivity contribution >= 4 is 28.6 Å². The van der Waals surface area contributed by atoms with E-state index >= 15 is 0 Å². The quantitative estimate of drug-likeness (QED) is 0.404. The molecule has 1 aliphatic heterocycles. The van der Waals surface area contributed by atoms with Gasteiger partial charge in [-0.1, -0.05) is 0 Å². The van der Waals surface area contributed by atoms with E-state index in [0.717, 1.165) is 31.4 Å². The van der Waals surface area contributed by atoms with Gasteiger partial charge in [-0.05, 0) is 64.1 Å². The Kier molecular flexibility index (Phi) is 6.84. The van der Waals surface area contributed by atoms with Crippen LogP contribution in [-0.2, 0) is 0 Å². The summed E-state index contributed by atoms with van der Waals surface area (Å²) in [4.78, 5) is 27.2. The fraction of sp³-hybridized carbons (Fsp3) is 0.333. The van der Waals surface area contributed by atoms with Crippen molar-refractivity contribution in [2.45, 2.75) is 33.2 Å². The highest BCUT2D eigenvalue weighted by molar-refractivity contribution is 5.94. The van der Waals surface area contributed by atoms with Crippen molar-refractivity contribution in [1.82, 2.24) is 29.7 Å². The average Bonchev–Trinajstić information content (AvgIpc) is 3.03. The van der Waals surface area contributed by atoms with Crippen LogP contribution in [0.2, 0.25) is 0 Å². The summed E-state index contributed by atoms with van der Waals surface area (Å²) in [5, 5.41) is 6.71. The Bertz CT molecular complexity index is 1440. The van der Waals surface area contributed by atoms with Crippen LogP contribution < -0.4 is 10.6 Å². The molecule has 0 aliphatic carbocycles. The summed E-state index contributed by atoms with van der Waals surface area (Å²) in [5.74, 6) is -0.661. The number of nitrogens with zero attached hydrogens (tertiary/aromatic N) is 5. The molecular formula is C27H29F2N7O. The van der Waals surface area contributed by atoms with Crippen molar-refractivity contribution < 1.29 is 13.6 Å². The Morgan fingerprint density at radius 3 is 2.65 bits per heavy atom. The lowest BCUT2D eigenvalue weighted by Crippen LogP contribution is -2.34. The number of rotatable bonds is 5. The van der Waals surface area contributed by atoms with E-state index in [1.165, 1.54) is 12.3 Å². The third kappa shape index (κ3) is 5.01. The van der Waals surface area contributed by atoms with Gasteiger partial charge < -0.3 is 20.1 Å². The minimum atomic E-state index is -0.662. The number of pyridine rings is 1. The van der Waals surface area contributed by atoms with E-state index in [2.05, 4.69) is 25.6 Å². The van der Waals surface area contributed by atoms with Gasteiger partial charge in [0.2, 0.25) is 5.95 Å². The van der Waals surface area contributed by atoms with Crippen molar-refractivity contribution in [1.29, 1.82) is 0 Å².